The molecule has 1 N–H and O–H groups in total. The van der Waals surface area contributed by atoms with E-state index in [2.05, 4.69) is 39.3 Å². The number of rotatable bonds is 6. The first kappa shape index (κ1) is 15.6. The predicted octanol–water partition coefficient (Wildman–Crippen LogP) is 3.29. The van der Waals surface area contributed by atoms with Crippen LogP contribution in [0.25, 0.3) is 0 Å². The molecular formula is C15H17N5O2. The molecule has 2 rings (SSSR count). The second kappa shape index (κ2) is 7.82. The van der Waals surface area contributed by atoms with Crippen LogP contribution >= 0.6 is 0 Å². The maximum Gasteiger partial charge on any atom is 0.365 e. The zero-order valence-corrected chi connectivity index (χ0v) is 12.3. The standard InChI is InChI=1S/C15H17N5O2/c1-3-4-9-22-13-8-6-5-7-12(13)10-16-19-14-11(2)18-20-15(21)17-14/h5-8,10H,2-4,9H2,1H3,(H,17,19,21)/b16-10+. The van der Waals surface area contributed by atoms with Gasteiger partial charge in [-0.1, -0.05) is 37.2 Å². The SMILES string of the molecule is C=C1N=NC(=O)N/C1=N\N=C\c1ccccc1OCCCC. The number of unbranched alkanes of at least 4 members (excludes halogenated alkanes) is 1. The molecule has 0 spiro atoms. The molecule has 0 saturated heterocycles. The number of amidine groups is 1. The number of carbonyl (C=O) groups excluding carboxylic acids is 1. The third kappa shape index (κ3) is 4.34. The van der Waals surface area contributed by atoms with Crippen molar-refractivity contribution in [3.05, 3.63) is 42.1 Å². The maximum atomic E-state index is 11.1. The van der Waals surface area contributed by atoms with Gasteiger partial charge in [0.2, 0.25) is 0 Å². The molecule has 0 fully saturated rings. The molecule has 1 aliphatic rings. The molecule has 0 aromatic heterocycles. The Bertz CT molecular complexity index is 649. The molecule has 7 heteroatoms. The van der Waals surface area contributed by atoms with Gasteiger partial charge >= 0.3 is 6.03 Å². The van der Waals surface area contributed by atoms with E-state index < -0.39 is 6.03 Å². The van der Waals surface area contributed by atoms with E-state index in [1.54, 1.807) is 6.21 Å². The number of urea groups is 1. The van der Waals surface area contributed by atoms with Crippen molar-refractivity contribution in [3.63, 3.8) is 0 Å². The lowest BCUT2D eigenvalue weighted by atomic mass is 10.2. The summed E-state index contributed by atoms with van der Waals surface area (Å²) in [7, 11) is 0. The average molecular weight is 299 g/mol. The lowest BCUT2D eigenvalue weighted by molar-refractivity contribution is 0.251. The minimum absolute atomic E-state index is 0.181. The zero-order valence-electron chi connectivity index (χ0n) is 12.3. The van der Waals surface area contributed by atoms with Gasteiger partial charge in [0.15, 0.2) is 5.84 Å². The first-order valence-corrected chi connectivity index (χ1v) is 6.95. The normalized spacial score (nSPS) is 16.3. The number of ether oxygens (including phenoxy) is 1. The van der Waals surface area contributed by atoms with Crippen molar-refractivity contribution in [1.82, 2.24) is 5.32 Å². The highest BCUT2D eigenvalue weighted by Crippen LogP contribution is 2.16. The highest BCUT2D eigenvalue weighted by Gasteiger charge is 2.14. The summed E-state index contributed by atoms with van der Waals surface area (Å²) in [5.74, 6) is 0.923. The van der Waals surface area contributed by atoms with Gasteiger partial charge in [0.1, 0.15) is 11.4 Å². The van der Waals surface area contributed by atoms with E-state index in [-0.39, 0.29) is 11.5 Å². The van der Waals surface area contributed by atoms with E-state index in [0.717, 1.165) is 24.2 Å². The van der Waals surface area contributed by atoms with Gasteiger partial charge in [-0.25, -0.2) is 4.79 Å². The molecule has 1 aromatic carbocycles. The van der Waals surface area contributed by atoms with Crippen LogP contribution < -0.4 is 10.1 Å². The van der Waals surface area contributed by atoms with Gasteiger partial charge < -0.3 is 4.74 Å². The third-order valence-electron chi connectivity index (χ3n) is 2.79. The average Bonchev–Trinajstić information content (AvgIpc) is 2.52. The van der Waals surface area contributed by atoms with Gasteiger partial charge in [-0.3, -0.25) is 5.32 Å². The highest BCUT2D eigenvalue weighted by atomic mass is 16.5. The van der Waals surface area contributed by atoms with E-state index in [0.29, 0.717) is 6.61 Å². The molecule has 2 amide bonds. The van der Waals surface area contributed by atoms with Crippen LogP contribution in [0.5, 0.6) is 5.75 Å². The maximum absolute atomic E-state index is 11.1. The number of hydrogen-bond acceptors (Lipinski definition) is 5. The summed E-state index contributed by atoms with van der Waals surface area (Å²) in [6.45, 7) is 6.38. The van der Waals surface area contributed by atoms with E-state index in [9.17, 15) is 4.79 Å². The summed E-state index contributed by atoms with van der Waals surface area (Å²) >= 11 is 0. The number of nitrogens with zero attached hydrogens (tertiary/aromatic N) is 4. The summed E-state index contributed by atoms with van der Waals surface area (Å²) in [5.41, 5.74) is 1.06. The molecule has 1 aromatic rings. The number of hydrogen-bond donors (Lipinski definition) is 1. The van der Waals surface area contributed by atoms with Crippen molar-refractivity contribution in [1.29, 1.82) is 0 Å². The summed E-state index contributed by atoms with van der Waals surface area (Å²) in [4.78, 5) is 11.1. The molecule has 1 aliphatic heterocycles. The van der Waals surface area contributed by atoms with E-state index in [1.807, 2.05) is 24.3 Å². The molecule has 0 radical (unpaired) electrons. The van der Waals surface area contributed by atoms with Gasteiger partial charge in [0, 0.05) is 5.56 Å². The van der Waals surface area contributed by atoms with Gasteiger partial charge in [-0.05, 0) is 18.6 Å². The fraction of sp³-hybridized carbons (Fsp3) is 0.267. The topological polar surface area (TPSA) is 87.8 Å². The largest absolute Gasteiger partial charge is 0.493 e. The number of carbonyl (C=O) groups is 1. The Hall–Kier alpha value is -2.83. The zero-order chi connectivity index (χ0) is 15.8. The number of azo groups is 1. The summed E-state index contributed by atoms with van der Waals surface area (Å²) in [6.07, 6.45) is 3.62. The Kier molecular flexibility index (Phi) is 5.53. The molecular weight excluding hydrogens is 282 g/mol. The Balaban J connectivity index is 2.08. The Morgan fingerprint density at radius 1 is 1.36 bits per heavy atom. The van der Waals surface area contributed by atoms with E-state index in [4.69, 9.17) is 4.74 Å². The first-order valence-electron chi connectivity index (χ1n) is 6.95. The van der Waals surface area contributed by atoms with E-state index in [1.165, 1.54) is 0 Å². The van der Waals surface area contributed by atoms with Crippen LogP contribution in [0.15, 0.2) is 57.0 Å². The van der Waals surface area contributed by atoms with Crippen LogP contribution in [0.3, 0.4) is 0 Å². The number of nitrogens with one attached hydrogen (secondary N) is 1. The van der Waals surface area contributed by atoms with Gasteiger partial charge in [-0.2, -0.15) is 5.10 Å². The van der Waals surface area contributed by atoms with Crippen molar-refractivity contribution in [3.8, 4) is 5.75 Å². The van der Waals surface area contributed by atoms with Gasteiger partial charge in [0.25, 0.3) is 0 Å². The molecule has 0 bridgehead atoms. The van der Waals surface area contributed by atoms with Crippen LogP contribution in [-0.4, -0.2) is 24.7 Å². The molecule has 114 valence electrons. The molecule has 7 nitrogen and oxygen atoms in total. The van der Waals surface area contributed by atoms with Gasteiger partial charge in [-0.15, -0.1) is 10.2 Å². The Morgan fingerprint density at radius 3 is 3.00 bits per heavy atom. The molecule has 0 saturated carbocycles. The van der Waals surface area contributed by atoms with Crippen molar-refractivity contribution in [2.45, 2.75) is 19.8 Å². The first-order chi connectivity index (χ1) is 10.7. The van der Waals surface area contributed by atoms with Crippen molar-refractivity contribution >= 4 is 18.1 Å². The van der Waals surface area contributed by atoms with Crippen LogP contribution in [0, 0.1) is 0 Å². The Morgan fingerprint density at radius 2 is 2.18 bits per heavy atom. The fourth-order valence-electron chi connectivity index (χ4n) is 1.63. The summed E-state index contributed by atoms with van der Waals surface area (Å²) in [5, 5.41) is 17.1. The number of amides is 2. The summed E-state index contributed by atoms with van der Waals surface area (Å²) in [6, 6.07) is 6.94. The van der Waals surface area contributed by atoms with Crippen LogP contribution in [0.1, 0.15) is 25.3 Å². The van der Waals surface area contributed by atoms with Crippen LogP contribution in [0.2, 0.25) is 0 Å². The minimum Gasteiger partial charge on any atom is -0.493 e. The fourth-order valence-corrected chi connectivity index (χ4v) is 1.63. The quantitative estimate of drug-likeness (QED) is 0.496. The van der Waals surface area contributed by atoms with Crippen LogP contribution in [0.4, 0.5) is 4.79 Å². The lowest BCUT2D eigenvalue weighted by Gasteiger charge is -2.08. The minimum atomic E-state index is -0.593. The predicted molar refractivity (Wildman–Crippen MR) is 84.4 cm³/mol. The number of para-hydroxylation sites is 1. The van der Waals surface area contributed by atoms with E-state index >= 15 is 0 Å². The molecule has 0 unspecified atom stereocenters. The monoisotopic (exact) mass is 299 g/mol. The highest BCUT2D eigenvalue weighted by molar-refractivity contribution is 6.08. The smallest absolute Gasteiger partial charge is 0.365 e. The molecule has 0 atom stereocenters. The van der Waals surface area contributed by atoms with Gasteiger partial charge in [0.05, 0.1) is 12.8 Å². The van der Waals surface area contributed by atoms with Crippen molar-refractivity contribution < 1.29 is 9.53 Å². The molecule has 0 aliphatic carbocycles. The summed E-state index contributed by atoms with van der Waals surface area (Å²) < 4.78 is 5.70. The Labute approximate surface area is 128 Å². The van der Waals surface area contributed by atoms with Crippen LogP contribution in [-0.2, 0) is 0 Å². The van der Waals surface area contributed by atoms with Crippen molar-refractivity contribution in [2.24, 2.45) is 20.4 Å². The lowest BCUT2D eigenvalue weighted by Crippen LogP contribution is -2.31. The second-order valence-corrected chi connectivity index (χ2v) is 4.51. The number of benzene rings is 1. The van der Waals surface area contributed by atoms with Crippen molar-refractivity contribution in [2.75, 3.05) is 6.61 Å². The molecule has 1 heterocycles. The molecule has 22 heavy (non-hydrogen) atoms. The third-order valence-corrected chi connectivity index (χ3v) is 2.79. The second-order valence-electron chi connectivity index (χ2n) is 4.51.